The number of carbonyl (C=O) groups excluding carboxylic acids is 1. The Balaban J connectivity index is 1.94. The van der Waals surface area contributed by atoms with E-state index in [0.717, 1.165) is 5.69 Å². The molecule has 0 saturated carbocycles. The van der Waals surface area contributed by atoms with Gasteiger partial charge < -0.3 is 15.2 Å². The van der Waals surface area contributed by atoms with Crippen LogP contribution < -0.4 is 10.6 Å². The van der Waals surface area contributed by atoms with Crippen LogP contribution in [-0.2, 0) is 6.42 Å². The SMILES string of the molecule is CC(C)Nc1ccccc1C(=O)NCCc1ncno1. The molecular weight excluding hydrogens is 256 g/mol. The largest absolute Gasteiger partial charge is 0.382 e. The first-order valence-corrected chi connectivity index (χ1v) is 6.56. The summed E-state index contributed by atoms with van der Waals surface area (Å²) in [5, 5.41) is 9.62. The van der Waals surface area contributed by atoms with Gasteiger partial charge in [0, 0.05) is 24.7 Å². The number of nitrogens with one attached hydrogen (secondary N) is 2. The summed E-state index contributed by atoms with van der Waals surface area (Å²) in [6, 6.07) is 7.71. The molecule has 0 spiro atoms. The van der Waals surface area contributed by atoms with E-state index in [0.29, 0.717) is 24.4 Å². The van der Waals surface area contributed by atoms with Crippen LogP contribution in [-0.4, -0.2) is 28.6 Å². The summed E-state index contributed by atoms with van der Waals surface area (Å²) in [5.41, 5.74) is 1.46. The topological polar surface area (TPSA) is 80.0 Å². The van der Waals surface area contributed by atoms with E-state index < -0.39 is 0 Å². The van der Waals surface area contributed by atoms with Crippen molar-refractivity contribution in [3.05, 3.63) is 42.0 Å². The Hall–Kier alpha value is -2.37. The molecule has 20 heavy (non-hydrogen) atoms. The van der Waals surface area contributed by atoms with Crippen LogP contribution in [0.25, 0.3) is 0 Å². The van der Waals surface area contributed by atoms with Crippen molar-refractivity contribution in [2.45, 2.75) is 26.3 Å². The van der Waals surface area contributed by atoms with Gasteiger partial charge in [-0.1, -0.05) is 17.3 Å². The van der Waals surface area contributed by atoms with Gasteiger partial charge in [0.05, 0.1) is 5.56 Å². The highest BCUT2D eigenvalue weighted by Crippen LogP contribution is 2.15. The molecule has 0 radical (unpaired) electrons. The van der Waals surface area contributed by atoms with Crippen molar-refractivity contribution in [3.63, 3.8) is 0 Å². The fraction of sp³-hybridized carbons (Fsp3) is 0.357. The van der Waals surface area contributed by atoms with Crippen molar-refractivity contribution in [2.24, 2.45) is 0 Å². The highest BCUT2D eigenvalue weighted by Gasteiger charge is 2.11. The summed E-state index contributed by atoms with van der Waals surface area (Å²) >= 11 is 0. The van der Waals surface area contributed by atoms with Gasteiger partial charge in [-0.05, 0) is 26.0 Å². The minimum Gasteiger partial charge on any atom is -0.382 e. The molecule has 2 rings (SSSR count). The van der Waals surface area contributed by atoms with Crippen molar-refractivity contribution in [1.29, 1.82) is 0 Å². The lowest BCUT2D eigenvalue weighted by molar-refractivity contribution is 0.0954. The van der Waals surface area contributed by atoms with Crippen LogP contribution in [0.3, 0.4) is 0 Å². The lowest BCUT2D eigenvalue weighted by atomic mass is 10.1. The number of anilines is 1. The van der Waals surface area contributed by atoms with E-state index in [-0.39, 0.29) is 11.9 Å². The molecule has 1 aromatic heterocycles. The predicted molar refractivity (Wildman–Crippen MR) is 75.5 cm³/mol. The number of amides is 1. The third-order valence-corrected chi connectivity index (χ3v) is 2.65. The maximum atomic E-state index is 12.2. The van der Waals surface area contributed by atoms with Gasteiger partial charge in [-0.25, -0.2) is 0 Å². The quantitative estimate of drug-likeness (QED) is 0.840. The normalized spacial score (nSPS) is 10.6. The molecule has 0 atom stereocenters. The van der Waals surface area contributed by atoms with Gasteiger partial charge in [0.2, 0.25) is 5.89 Å². The molecule has 2 aromatic rings. The molecule has 106 valence electrons. The Bertz CT molecular complexity index is 552. The average Bonchev–Trinajstić information content (AvgIpc) is 2.91. The first-order valence-electron chi connectivity index (χ1n) is 6.56. The smallest absolute Gasteiger partial charge is 0.253 e. The van der Waals surface area contributed by atoms with Crippen LogP contribution in [0.2, 0.25) is 0 Å². The Kier molecular flexibility index (Phi) is 4.70. The number of hydrogen-bond donors (Lipinski definition) is 2. The summed E-state index contributed by atoms with van der Waals surface area (Å²) in [4.78, 5) is 16.1. The molecule has 0 aliphatic heterocycles. The maximum absolute atomic E-state index is 12.2. The average molecular weight is 274 g/mol. The molecule has 1 heterocycles. The molecular formula is C14H18N4O2. The Morgan fingerprint density at radius 3 is 2.85 bits per heavy atom. The summed E-state index contributed by atoms with van der Waals surface area (Å²) < 4.78 is 4.87. The minimum atomic E-state index is -0.117. The minimum absolute atomic E-state index is 0.117. The van der Waals surface area contributed by atoms with Crippen molar-refractivity contribution >= 4 is 11.6 Å². The standard InChI is InChI=1S/C14H18N4O2/c1-10(2)18-12-6-4-3-5-11(12)14(19)15-8-7-13-16-9-17-20-13/h3-6,9-10,18H,7-8H2,1-2H3,(H,15,19). The molecule has 1 amide bonds. The molecule has 0 saturated heterocycles. The molecule has 6 heteroatoms. The Morgan fingerprint density at radius 1 is 1.35 bits per heavy atom. The van der Waals surface area contributed by atoms with Crippen molar-refractivity contribution < 1.29 is 9.32 Å². The number of nitrogens with zero attached hydrogens (tertiary/aromatic N) is 2. The van der Waals surface area contributed by atoms with Gasteiger partial charge in [-0.3, -0.25) is 4.79 Å². The summed E-state index contributed by atoms with van der Waals surface area (Å²) in [7, 11) is 0. The number of aromatic nitrogens is 2. The zero-order valence-corrected chi connectivity index (χ0v) is 11.6. The zero-order valence-electron chi connectivity index (χ0n) is 11.6. The molecule has 1 aromatic carbocycles. The van der Waals surface area contributed by atoms with Gasteiger partial charge in [-0.15, -0.1) is 0 Å². The van der Waals surface area contributed by atoms with Gasteiger partial charge in [0.15, 0.2) is 6.33 Å². The molecule has 0 aliphatic rings. The maximum Gasteiger partial charge on any atom is 0.253 e. The van der Waals surface area contributed by atoms with Crippen LogP contribution in [0.1, 0.15) is 30.1 Å². The second-order valence-corrected chi connectivity index (χ2v) is 4.69. The lowest BCUT2D eigenvalue weighted by Gasteiger charge is -2.14. The van der Waals surface area contributed by atoms with Crippen LogP contribution in [0.15, 0.2) is 35.1 Å². The first-order chi connectivity index (χ1) is 9.66. The van der Waals surface area contributed by atoms with Gasteiger partial charge in [0.1, 0.15) is 0 Å². The monoisotopic (exact) mass is 274 g/mol. The van der Waals surface area contributed by atoms with Crippen LogP contribution in [0, 0.1) is 0 Å². The first kappa shape index (κ1) is 14.0. The van der Waals surface area contributed by atoms with Crippen LogP contribution >= 0.6 is 0 Å². The summed E-state index contributed by atoms with van der Waals surface area (Å²) in [5.74, 6) is 0.396. The van der Waals surface area contributed by atoms with E-state index in [2.05, 4.69) is 20.8 Å². The van der Waals surface area contributed by atoms with Crippen molar-refractivity contribution in [3.8, 4) is 0 Å². The second kappa shape index (κ2) is 6.70. The second-order valence-electron chi connectivity index (χ2n) is 4.69. The summed E-state index contributed by atoms with van der Waals surface area (Å²) in [6.45, 7) is 4.52. The van der Waals surface area contributed by atoms with Crippen molar-refractivity contribution in [2.75, 3.05) is 11.9 Å². The molecule has 0 aliphatic carbocycles. The number of benzene rings is 1. The van der Waals surface area contributed by atoms with E-state index in [4.69, 9.17) is 4.52 Å². The summed E-state index contributed by atoms with van der Waals surface area (Å²) in [6.07, 6.45) is 1.87. The van der Waals surface area contributed by atoms with Gasteiger partial charge in [-0.2, -0.15) is 4.98 Å². The lowest BCUT2D eigenvalue weighted by Crippen LogP contribution is -2.27. The van der Waals surface area contributed by atoms with Crippen LogP contribution in [0.4, 0.5) is 5.69 Å². The van der Waals surface area contributed by atoms with E-state index >= 15 is 0 Å². The number of hydrogen-bond acceptors (Lipinski definition) is 5. The van der Waals surface area contributed by atoms with Crippen molar-refractivity contribution in [1.82, 2.24) is 15.5 Å². The van der Waals surface area contributed by atoms with Crippen LogP contribution in [0.5, 0.6) is 0 Å². The zero-order chi connectivity index (χ0) is 14.4. The van der Waals surface area contributed by atoms with E-state index in [1.54, 1.807) is 6.07 Å². The highest BCUT2D eigenvalue weighted by molar-refractivity contribution is 5.99. The van der Waals surface area contributed by atoms with E-state index in [9.17, 15) is 4.79 Å². The molecule has 2 N–H and O–H groups in total. The highest BCUT2D eigenvalue weighted by atomic mass is 16.5. The third-order valence-electron chi connectivity index (χ3n) is 2.65. The predicted octanol–water partition coefficient (Wildman–Crippen LogP) is 1.86. The van der Waals surface area contributed by atoms with Gasteiger partial charge >= 0.3 is 0 Å². The fourth-order valence-electron chi connectivity index (χ4n) is 1.80. The fourth-order valence-corrected chi connectivity index (χ4v) is 1.80. The van der Waals surface area contributed by atoms with E-state index in [1.807, 2.05) is 32.0 Å². The Morgan fingerprint density at radius 2 is 2.15 bits per heavy atom. The number of para-hydroxylation sites is 1. The van der Waals surface area contributed by atoms with E-state index in [1.165, 1.54) is 6.33 Å². The Labute approximate surface area is 117 Å². The molecule has 0 fully saturated rings. The molecule has 0 unspecified atom stereocenters. The molecule has 0 bridgehead atoms. The van der Waals surface area contributed by atoms with Gasteiger partial charge in [0.25, 0.3) is 5.91 Å². The molecule has 6 nitrogen and oxygen atoms in total. The number of carbonyl (C=O) groups is 1. The third kappa shape index (κ3) is 3.81. The number of rotatable bonds is 6.